The third-order valence-electron chi connectivity index (χ3n) is 2.00. The fourth-order valence-electron chi connectivity index (χ4n) is 1.21. The highest BCUT2D eigenvalue weighted by atomic mass is 35.5. The Bertz CT molecular complexity index is 520. The highest BCUT2D eigenvalue weighted by molar-refractivity contribution is 6.36. The molecule has 0 saturated carbocycles. The lowest BCUT2D eigenvalue weighted by atomic mass is 10.2. The zero-order chi connectivity index (χ0) is 15.3. The number of benzene rings is 1. The monoisotopic (exact) mass is 329 g/mol. The molecule has 1 rings (SSSR count). The second-order valence-electron chi connectivity index (χ2n) is 3.60. The first-order chi connectivity index (χ1) is 9.23. The van der Waals surface area contributed by atoms with Crippen LogP contribution in [0.4, 0.5) is 13.2 Å². The first-order valence-corrected chi connectivity index (χ1v) is 5.89. The van der Waals surface area contributed by atoms with Crippen molar-refractivity contribution in [3.63, 3.8) is 0 Å². The van der Waals surface area contributed by atoms with Crippen LogP contribution in [0.2, 0.25) is 10.0 Å². The molecule has 0 unspecified atom stereocenters. The molecule has 1 N–H and O–H groups in total. The van der Waals surface area contributed by atoms with Crippen LogP contribution in [0.15, 0.2) is 12.1 Å². The summed E-state index contributed by atoms with van der Waals surface area (Å²) in [7, 11) is 0. The summed E-state index contributed by atoms with van der Waals surface area (Å²) in [6.45, 7) is -2.18. The molecule has 0 bridgehead atoms. The van der Waals surface area contributed by atoms with E-state index in [1.165, 1.54) is 12.1 Å². The van der Waals surface area contributed by atoms with E-state index in [-0.39, 0.29) is 21.4 Å². The Morgan fingerprint density at radius 1 is 1.35 bits per heavy atom. The van der Waals surface area contributed by atoms with Gasteiger partial charge in [0.1, 0.15) is 12.3 Å². The van der Waals surface area contributed by atoms with E-state index >= 15 is 0 Å². The molecule has 0 aliphatic rings. The molecule has 9 heteroatoms. The lowest BCUT2D eigenvalue weighted by Crippen LogP contribution is -2.36. The summed E-state index contributed by atoms with van der Waals surface area (Å²) in [5.41, 5.74) is -0.00822. The Morgan fingerprint density at radius 3 is 2.55 bits per heavy atom. The molecule has 0 fully saturated rings. The fourth-order valence-corrected chi connectivity index (χ4v) is 1.77. The van der Waals surface area contributed by atoms with Crippen molar-refractivity contribution in [3.05, 3.63) is 27.7 Å². The highest BCUT2D eigenvalue weighted by Gasteiger charge is 2.27. The van der Waals surface area contributed by atoms with Crippen LogP contribution in [0.3, 0.4) is 0 Å². The first-order valence-electron chi connectivity index (χ1n) is 5.13. The van der Waals surface area contributed by atoms with Gasteiger partial charge in [0.05, 0.1) is 10.6 Å². The number of hydrogen-bond donors (Lipinski definition) is 1. The zero-order valence-corrected chi connectivity index (χ0v) is 11.3. The molecule has 20 heavy (non-hydrogen) atoms. The summed E-state index contributed by atoms with van der Waals surface area (Å²) < 4.78 is 40.5. The molecule has 0 spiro atoms. The molecule has 0 aromatic heterocycles. The van der Waals surface area contributed by atoms with Crippen LogP contribution in [-0.2, 0) is 4.79 Å². The Kier molecular flexibility index (Phi) is 5.64. The minimum atomic E-state index is -4.51. The van der Waals surface area contributed by atoms with Crippen LogP contribution in [0, 0.1) is 0 Å². The van der Waals surface area contributed by atoms with Crippen molar-refractivity contribution in [3.8, 4) is 5.75 Å². The molecular weight excluding hydrogens is 322 g/mol. The summed E-state index contributed by atoms with van der Waals surface area (Å²) in [4.78, 5) is 21.9. The normalized spacial score (nSPS) is 11.1. The summed E-state index contributed by atoms with van der Waals surface area (Å²) in [5, 5.41) is 1.78. The number of nitrogens with one attached hydrogen (secondary N) is 1. The predicted molar refractivity (Wildman–Crippen MR) is 66.4 cm³/mol. The van der Waals surface area contributed by atoms with Gasteiger partial charge in [-0.3, -0.25) is 9.59 Å². The smallest absolute Gasteiger partial charge is 0.405 e. The van der Waals surface area contributed by atoms with Crippen molar-refractivity contribution < 1.29 is 27.5 Å². The number of carbonyl (C=O) groups excluding carboxylic acids is 2. The maximum absolute atomic E-state index is 11.9. The fraction of sp³-hybridized carbons (Fsp3) is 0.273. The molecule has 0 heterocycles. The predicted octanol–water partition coefficient (Wildman–Crippen LogP) is 2.86. The van der Waals surface area contributed by atoms with E-state index in [1.54, 1.807) is 5.32 Å². The van der Waals surface area contributed by atoms with Gasteiger partial charge in [-0.15, -0.1) is 0 Å². The van der Waals surface area contributed by atoms with Crippen molar-refractivity contribution in [2.24, 2.45) is 0 Å². The number of amides is 1. The maximum atomic E-state index is 11.9. The van der Waals surface area contributed by atoms with E-state index < -0.39 is 25.2 Å². The van der Waals surface area contributed by atoms with E-state index in [0.29, 0.717) is 6.29 Å². The molecule has 4 nitrogen and oxygen atoms in total. The van der Waals surface area contributed by atoms with Gasteiger partial charge in [-0.25, -0.2) is 0 Å². The van der Waals surface area contributed by atoms with Crippen LogP contribution in [-0.4, -0.2) is 31.5 Å². The van der Waals surface area contributed by atoms with Crippen LogP contribution < -0.4 is 10.1 Å². The van der Waals surface area contributed by atoms with Gasteiger partial charge in [0, 0.05) is 5.02 Å². The minimum Gasteiger partial charge on any atom is -0.481 e. The van der Waals surface area contributed by atoms with Gasteiger partial charge in [0.25, 0.3) is 5.91 Å². The second kappa shape index (κ2) is 6.81. The van der Waals surface area contributed by atoms with E-state index in [9.17, 15) is 22.8 Å². The quantitative estimate of drug-likeness (QED) is 0.845. The van der Waals surface area contributed by atoms with Crippen molar-refractivity contribution in [1.82, 2.24) is 5.32 Å². The summed E-state index contributed by atoms with van der Waals surface area (Å²) in [6.07, 6.45) is -4.11. The molecule has 0 atom stereocenters. The van der Waals surface area contributed by atoms with Crippen LogP contribution in [0.1, 0.15) is 10.4 Å². The molecule has 0 aliphatic carbocycles. The Morgan fingerprint density at radius 2 is 2.00 bits per heavy atom. The second-order valence-corrected chi connectivity index (χ2v) is 4.45. The lowest BCUT2D eigenvalue weighted by molar-refractivity contribution is -0.139. The van der Waals surface area contributed by atoms with Gasteiger partial charge in [0.2, 0.25) is 0 Å². The average molecular weight is 330 g/mol. The van der Waals surface area contributed by atoms with E-state index in [0.717, 1.165) is 0 Å². The molecule has 1 aromatic rings. The van der Waals surface area contributed by atoms with Crippen molar-refractivity contribution in [2.45, 2.75) is 6.18 Å². The number of aldehydes is 1. The molecule has 0 radical (unpaired) electrons. The van der Waals surface area contributed by atoms with Gasteiger partial charge in [-0.05, 0) is 12.1 Å². The summed E-state index contributed by atoms with van der Waals surface area (Å²) in [6, 6.07) is 2.53. The minimum absolute atomic E-state index is 0.00822. The molecular formula is C11H8Cl2F3NO3. The van der Waals surface area contributed by atoms with Crippen molar-refractivity contribution >= 4 is 35.4 Å². The number of alkyl halides is 3. The third kappa shape index (κ3) is 5.26. The lowest BCUT2D eigenvalue weighted by Gasteiger charge is -2.12. The maximum Gasteiger partial charge on any atom is 0.405 e. The number of hydrogen-bond acceptors (Lipinski definition) is 3. The van der Waals surface area contributed by atoms with Gasteiger partial charge < -0.3 is 10.1 Å². The Balaban J connectivity index is 2.66. The molecule has 1 aromatic carbocycles. The summed E-state index contributed by atoms with van der Waals surface area (Å²) in [5.74, 6) is -1.11. The van der Waals surface area contributed by atoms with Crippen molar-refractivity contribution in [2.75, 3.05) is 13.2 Å². The molecule has 1 amide bonds. The van der Waals surface area contributed by atoms with Crippen LogP contribution in [0.5, 0.6) is 5.75 Å². The van der Waals surface area contributed by atoms with Crippen LogP contribution >= 0.6 is 23.2 Å². The number of ether oxygens (including phenoxy) is 1. The number of rotatable bonds is 5. The van der Waals surface area contributed by atoms with E-state index in [1.807, 2.05) is 0 Å². The standard InChI is InChI=1S/C11H8Cl2F3NO3/c12-7-1-6(3-18)10(8(13)2-7)20-4-9(19)17-5-11(14,15)16/h1-3H,4-5H2,(H,17,19). The third-order valence-corrected chi connectivity index (χ3v) is 2.50. The first kappa shape index (κ1) is 16.6. The largest absolute Gasteiger partial charge is 0.481 e. The van der Waals surface area contributed by atoms with E-state index in [4.69, 9.17) is 27.9 Å². The average Bonchev–Trinajstić information content (AvgIpc) is 2.33. The highest BCUT2D eigenvalue weighted by Crippen LogP contribution is 2.31. The van der Waals surface area contributed by atoms with Gasteiger partial charge in [0.15, 0.2) is 12.9 Å². The Labute approximate surface area is 121 Å². The summed E-state index contributed by atoms with van der Waals surface area (Å²) >= 11 is 11.4. The number of carbonyl (C=O) groups is 2. The molecule has 110 valence electrons. The number of halogens is 5. The SMILES string of the molecule is O=Cc1cc(Cl)cc(Cl)c1OCC(=O)NCC(F)(F)F. The Hall–Kier alpha value is -1.47. The topological polar surface area (TPSA) is 55.4 Å². The van der Waals surface area contributed by atoms with Crippen LogP contribution in [0.25, 0.3) is 0 Å². The van der Waals surface area contributed by atoms with Gasteiger partial charge >= 0.3 is 6.18 Å². The van der Waals surface area contributed by atoms with E-state index in [2.05, 4.69) is 0 Å². The van der Waals surface area contributed by atoms with Gasteiger partial charge in [-0.2, -0.15) is 13.2 Å². The van der Waals surface area contributed by atoms with Gasteiger partial charge in [-0.1, -0.05) is 23.2 Å². The molecule has 0 saturated heterocycles. The zero-order valence-electron chi connectivity index (χ0n) is 9.76. The van der Waals surface area contributed by atoms with Crippen molar-refractivity contribution in [1.29, 1.82) is 0 Å². The molecule has 0 aliphatic heterocycles.